The fourth-order valence-corrected chi connectivity index (χ4v) is 5.94. The number of amides is 1. The van der Waals surface area contributed by atoms with Gasteiger partial charge in [0.05, 0.1) is 28.2 Å². The molecule has 11 heteroatoms. The number of hydrogen-bond acceptors (Lipinski definition) is 7. The number of likely N-dealkylation sites (tertiary alicyclic amines) is 1. The van der Waals surface area contributed by atoms with E-state index in [2.05, 4.69) is 9.97 Å². The fourth-order valence-electron chi connectivity index (χ4n) is 4.43. The smallest absolute Gasteiger partial charge is 0.312 e. The molecule has 1 aliphatic heterocycles. The van der Waals surface area contributed by atoms with Crippen molar-refractivity contribution in [3.05, 3.63) is 59.1 Å². The third-order valence-electron chi connectivity index (χ3n) is 6.65. The number of sulfone groups is 1. The quantitative estimate of drug-likeness (QED) is 0.339. The Hall–Kier alpha value is -3.70. The molecule has 1 fully saturated rings. The Labute approximate surface area is 217 Å². The second kappa shape index (κ2) is 9.31. The number of nitrogens with zero attached hydrogens (tertiary/aromatic N) is 2. The normalized spacial score (nSPS) is 16.9. The van der Waals surface area contributed by atoms with Crippen molar-refractivity contribution in [2.45, 2.75) is 36.6 Å². The van der Waals surface area contributed by atoms with Crippen LogP contribution < -0.4 is 4.74 Å². The van der Waals surface area contributed by atoms with Crippen LogP contribution in [0.2, 0.25) is 0 Å². The first-order valence-electron chi connectivity index (χ1n) is 11.6. The summed E-state index contributed by atoms with van der Waals surface area (Å²) in [6.07, 6.45) is 2.25. The lowest BCUT2D eigenvalue weighted by atomic mass is 10.0. The number of fused-ring (bicyclic) bond motifs is 1. The van der Waals surface area contributed by atoms with Gasteiger partial charge < -0.3 is 19.7 Å². The second-order valence-corrected chi connectivity index (χ2v) is 12.1. The Balaban J connectivity index is 1.55. The summed E-state index contributed by atoms with van der Waals surface area (Å²) < 4.78 is 29.9. The summed E-state index contributed by atoms with van der Waals surface area (Å²) in [5, 5.41) is 12.6. The van der Waals surface area contributed by atoms with E-state index in [0.29, 0.717) is 35.0 Å². The van der Waals surface area contributed by atoms with Gasteiger partial charge in [0.25, 0.3) is 0 Å². The van der Waals surface area contributed by atoms with Crippen LogP contribution in [0.1, 0.15) is 43.0 Å². The van der Waals surface area contributed by atoms with Gasteiger partial charge in [0, 0.05) is 41.6 Å². The first-order valence-corrected chi connectivity index (χ1v) is 14.4. The maximum atomic E-state index is 12.3. The van der Waals surface area contributed by atoms with E-state index >= 15 is 0 Å². The monoisotopic (exact) mass is 539 g/mol. The molecule has 3 heterocycles. The molecule has 0 spiro atoms. The van der Waals surface area contributed by atoms with Crippen LogP contribution in [0.4, 0.5) is 0 Å². The molecule has 0 bridgehead atoms. The highest BCUT2D eigenvalue weighted by Gasteiger charge is 2.32. The third-order valence-corrected chi connectivity index (χ3v) is 8.67. The molecule has 2 atom stereocenters. The van der Waals surface area contributed by atoms with Crippen LogP contribution in [0.3, 0.4) is 0 Å². The van der Waals surface area contributed by atoms with Crippen LogP contribution in [-0.2, 0) is 19.4 Å². The molecule has 0 aliphatic carbocycles. The van der Waals surface area contributed by atoms with Crippen LogP contribution in [0.25, 0.3) is 21.6 Å². The predicted molar refractivity (Wildman–Crippen MR) is 140 cm³/mol. The number of hydrogen-bond donors (Lipinski definition) is 2. The molecule has 1 aliphatic rings. The number of carbonyl (C=O) groups excluding carboxylic acids is 1. The number of carboxylic acid groups (broad SMARTS) is 1. The largest absolute Gasteiger partial charge is 0.481 e. The standard InChI is InChI=1S/C26H25N3O6S2/c1-14(26(31)32)21-13-36-25(28-21)20-10-15-11-23(35-16-4-6-17(7-5-16)37(3,33)34)18(12-19(15)27-20)22-8-9-24(30)29(22)2/h4-7,10-14,22,27H,8-9H2,1-3H3,(H,31,32). The molecule has 192 valence electrons. The first-order chi connectivity index (χ1) is 17.5. The SMILES string of the molecule is CC(C(=O)O)c1csc(-c2cc3cc(Oc4ccc(S(C)(=O)=O)cc4)c(C4CCC(=O)N4C)cc3[nH]2)n1. The lowest BCUT2D eigenvalue weighted by Crippen LogP contribution is -2.22. The summed E-state index contributed by atoms with van der Waals surface area (Å²) in [4.78, 5) is 33.4. The second-order valence-electron chi connectivity index (χ2n) is 9.20. The van der Waals surface area contributed by atoms with Gasteiger partial charge >= 0.3 is 5.97 Å². The van der Waals surface area contributed by atoms with E-state index < -0.39 is 21.7 Å². The van der Waals surface area contributed by atoms with Gasteiger partial charge in [-0.05, 0) is 55.8 Å². The maximum absolute atomic E-state index is 12.3. The number of rotatable bonds is 7. The van der Waals surface area contributed by atoms with Crippen molar-refractivity contribution in [2.24, 2.45) is 0 Å². The van der Waals surface area contributed by atoms with Gasteiger partial charge in [-0.1, -0.05) is 0 Å². The number of H-pyrrole nitrogens is 1. The molecule has 1 saturated heterocycles. The summed E-state index contributed by atoms with van der Waals surface area (Å²) in [5.41, 5.74) is 2.92. The van der Waals surface area contributed by atoms with Crippen molar-refractivity contribution in [1.82, 2.24) is 14.9 Å². The number of benzene rings is 2. The molecule has 2 aromatic carbocycles. The summed E-state index contributed by atoms with van der Waals surface area (Å²) in [5.74, 6) is -0.534. The van der Waals surface area contributed by atoms with Gasteiger partial charge in [0.15, 0.2) is 9.84 Å². The summed E-state index contributed by atoms with van der Waals surface area (Å²) in [6.45, 7) is 1.60. The number of aromatic amines is 1. The van der Waals surface area contributed by atoms with E-state index in [1.54, 1.807) is 36.4 Å². The average molecular weight is 540 g/mol. The van der Waals surface area contributed by atoms with Crippen molar-refractivity contribution < 1.29 is 27.9 Å². The Morgan fingerprint density at radius 1 is 1.24 bits per heavy atom. The highest BCUT2D eigenvalue weighted by molar-refractivity contribution is 7.90. The van der Waals surface area contributed by atoms with Gasteiger partial charge in [-0.2, -0.15) is 0 Å². The van der Waals surface area contributed by atoms with Crippen molar-refractivity contribution in [3.8, 4) is 22.2 Å². The van der Waals surface area contributed by atoms with E-state index in [0.717, 1.165) is 28.4 Å². The molecule has 0 radical (unpaired) electrons. The number of thiazole rings is 1. The van der Waals surface area contributed by atoms with Gasteiger partial charge in [-0.15, -0.1) is 11.3 Å². The van der Waals surface area contributed by atoms with Crippen LogP contribution in [-0.4, -0.2) is 53.6 Å². The number of carbonyl (C=O) groups is 2. The third kappa shape index (κ3) is 4.84. The van der Waals surface area contributed by atoms with Gasteiger partial charge in [-0.25, -0.2) is 13.4 Å². The zero-order chi connectivity index (χ0) is 26.5. The first kappa shape index (κ1) is 25.0. The number of ether oxygens (including phenoxy) is 1. The predicted octanol–water partition coefficient (Wildman–Crippen LogP) is 4.97. The molecular formula is C26H25N3O6S2. The summed E-state index contributed by atoms with van der Waals surface area (Å²) >= 11 is 1.36. The molecule has 5 rings (SSSR count). The lowest BCUT2D eigenvalue weighted by molar-refractivity contribution is -0.138. The maximum Gasteiger partial charge on any atom is 0.312 e. The van der Waals surface area contributed by atoms with Crippen molar-refractivity contribution in [1.29, 1.82) is 0 Å². The molecule has 2 aromatic heterocycles. The van der Waals surface area contributed by atoms with Gasteiger partial charge in [0.2, 0.25) is 5.91 Å². The number of nitrogens with one attached hydrogen (secondary N) is 1. The van der Waals surface area contributed by atoms with Crippen LogP contribution >= 0.6 is 11.3 Å². The fraction of sp³-hybridized carbons (Fsp3) is 0.269. The molecule has 2 unspecified atom stereocenters. The Morgan fingerprint density at radius 3 is 2.59 bits per heavy atom. The molecule has 9 nitrogen and oxygen atoms in total. The Morgan fingerprint density at radius 2 is 1.97 bits per heavy atom. The van der Waals surface area contributed by atoms with E-state index in [9.17, 15) is 23.1 Å². The highest BCUT2D eigenvalue weighted by Crippen LogP contribution is 2.41. The molecular weight excluding hydrogens is 514 g/mol. The minimum absolute atomic E-state index is 0.0589. The lowest BCUT2D eigenvalue weighted by Gasteiger charge is -2.23. The number of carboxylic acids is 1. The molecule has 2 N–H and O–H groups in total. The number of aliphatic carboxylic acids is 1. The van der Waals surface area contributed by atoms with Crippen LogP contribution in [0, 0.1) is 0 Å². The number of aromatic nitrogens is 2. The van der Waals surface area contributed by atoms with Crippen molar-refractivity contribution >= 4 is 44.0 Å². The van der Waals surface area contributed by atoms with E-state index in [1.165, 1.54) is 23.5 Å². The summed E-state index contributed by atoms with van der Waals surface area (Å²) in [7, 11) is -1.56. The highest BCUT2D eigenvalue weighted by atomic mass is 32.2. The van der Waals surface area contributed by atoms with Gasteiger partial charge in [0.1, 0.15) is 16.5 Å². The van der Waals surface area contributed by atoms with Crippen molar-refractivity contribution in [2.75, 3.05) is 13.3 Å². The molecule has 4 aromatic rings. The summed E-state index contributed by atoms with van der Waals surface area (Å²) in [6, 6.07) is 11.8. The average Bonchev–Trinajstić information content (AvgIpc) is 3.57. The zero-order valence-electron chi connectivity index (χ0n) is 20.4. The minimum Gasteiger partial charge on any atom is -0.481 e. The van der Waals surface area contributed by atoms with Crippen LogP contribution in [0.15, 0.2) is 52.7 Å². The Bertz CT molecular complexity index is 1620. The topological polar surface area (TPSA) is 130 Å². The molecule has 0 saturated carbocycles. The van der Waals surface area contributed by atoms with E-state index in [4.69, 9.17) is 4.74 Å². The van der Waals surface area contributed by atoms with Crippen molar-refractivity contribution in [3.63, 3.8) is 0 Å². The van der Waals surface area contributed by atoms with E-state index in [-0.39, 0.29) is 16.8 Å². The minimum atomic E-state index is -3.33. The molecule has 1 amide bonds. The van der Waals surface area contributed by atoms with Crippen LogP contribution in [0.5, 0.6) is 11.5 Å². The van der Waals surface area contributed by atoms with Gasteiger partial charge in [-0.3, -0.25) is 9.59 Å². The molecule has 37 heavy (non-hydrogen) atoms. The van der Waals surface area contributed by atoms with E-state index in [1.807, 2.05) is 18.2 Å². The Kier molecular flexibility index (Phi) is 6.28. The zero-order valence-corrected chi connectivity index (χ0v) is 22.0.